The lowest BCUT2D eigenvalue weighted by molar-refractivity contribution is -0.127. The molecule has 1 fully saturated rings. The molecule has 1 aliphatic rings. The van der Waals surface area contributed by atoms with Crippen molar-refractivity contribution in [1.82, 2.24) is 15.0 Å². The highest BCUT2D eigenvalue weighted by Gasteiger charge is 2.33. The molecule has 1 unspecified atom stereocenters. The Morgan fingerprint density at radius 1 is 1.39 bits per heavy atom. The fourth-order valence-corrected chi connectivity index (χ4v) is 3.71. The molecule has 122 valence electrons. The summed E-state index contributed by atoms with van der Waals surface area (Å²) in [7, 11) is 0. The minimum Gasteiger partial charge on any atom is -0.342 e. The van der Waals surface area contributed by atoms with Gasteiger partial charge < -0.3 is 9.42 Å². The van der Waals surface area contributed by atoms with E-state index in [9.17, 15) is 4.79 Å². The zero-order valence-corrected chi connectivity index (χ0v) is 14.5. The highest BCUT2D eigenvalue weighted by molar-refractivity contribution is 7.98. The van der Waals surface area contributed by atoms with Crippen LogP contribution in [0.3, 0.4) is 0 Å². The molecule has 1 aliphatic heterocycles. The van der Waals surface area contributed by atoms with Crippen molar-refractivity contribution in [2.75, 3.05) is 13.1 Å². The molecule has 0 radical (unpaired) electrons. The average Bonchev–Trinajstić information content (AvgIpc) is 3.14. The Balaban J connectivity index is 1.64. The van der Waals surface area contributed by atoms with Crippen molar-refractivity contribution in [1.29, 1.82) is 0 Å². The van der Waals surface area contributed by atoms with Crippen molar-refractivity contribution < 1.29 is 9.32 Å². The van der Waals surface area contributed by atoms with Gasteiger partial charge in [0.1, 0.15) is 0 Å². The Hall–Kier alpha value is -1.82. The number of carbonyl (C=O) groups is 1. The molecule has 0 bridgehead atoms. The molecule has 6 heteroatoms. The van der Waals surface area contributed by atoms with E-state index in [4.69, 9.17) is 4.52 Å². The van der Waals surface area contributed by atoms with E-state index in [1.807, 2.05) is 11.8 Å². The summed E-state index contributed by atoms with van der Waals surface area (Å²) >= 11 is 1.71. The van der Waals surface area contributed by atoms with E-state index in [1.54, 1.807) is 11.8 Å². The molecule has 2 aromatic rings. The monoisotopic (exact) mass is 331 g/mol. The summed E-state index contributed by atoms with van der Waals surface area (Å²) in [6, 6.07) is 6.42. The summed E-state index contributed by atoms with van der Waals surface area (Å²) in [6.45, 7) is 7.60. The van der Waals surface area contributed by atoms with Gasteiger partial charge in [0.2, 0.25) is 11.8 Å². The second kappa shape index (κ2) is 6.74. The second-order valence-electron chi connectivity index (χ2n) is 5.94. The summed E-state index contributed by atoms with van der Waals surface area (Å²) in [5.74, 6) is 2.15. The first kappa shape index (κ1) is 16.1. The number of hydrogen-bond acceptors (Lipinski definition) is 5. The largest absolute Gasteiger partial charge is 0.342 e. The molecule has 0 spiro atoms. The second-order valence-corrected chi connectivity index (χ2v) is 6.96. The van der Waals surface area contributed by atoms with Crippen molar-refractivity contribution in [3.05, 3.63) is 41.0 Å². The topological polar surface area (TPSA) is 59.2 Å². The van der Waals surface area contributed by atoms with Gasteiger partial charge >= 0.3 is 0 Å². The normalized spacial score (nSPS) is 18.0. The van der Waals surface area contributed by atoms with Gasteiger partial charge in [0, 0.05) is 24.4 Å². The van der Waals surface area contributed by atoms with Gasteiger partial charge in [-0.2, -0.15) is 4.98 Å². The average molecular weight is 331 g/mol. The van der Waals surface area contributed by atoms with E-state index in [0.717, 1.165) is 6.54 Å². The van der Waals surface area contributed by atoms with Crippen molar-refractivity contribution in [3.63, 3.8) is 0 Å². The van der Waals surface area contributed by atoms with Crippen LogP contribution >= 0.6 is 11.8 Å². The lowest BCUT2D eigenvalue weighted by Crippen LogP contribution is -2.24. The summed E-state index contributed by atoms with van der Waals surface area (Å²) < 4.78 is 5.38. The molecule has 1 aromatic carbocycles. The molecule has 1 aromatic heterocycles. The van der Waals surface area contributed by atoms with Crippen LogP contribution in [-0.2, 0) is 10.5 Å². The van der Waals surface area contributed by atoms with Crippen LogP contribution in [0, 0.1) is 13.8 Å². The number of benzene rings is 1. The van der Waals surface area contributed by atoms with Crippen molar-refractivity contribution >= 4 is 17.7 Å². The van der Waals surface area contributed by atoms with Crippen molar-refractivity contribution in [3.8, 4) is 0 Å². The van der Waals surface area contributed by atoms with Crippen LogP contribution in [0.15, 0.2) is 27.6 Å². The number of aromatic nitrogens is 2. The quantitative estimate of drug-likeness (QED) is 0.787. The first-order valence-corrected chi connectivity index (χ1v) is 8.85. The van der Waals surface area contributed by atoms with E-state index in [0.29, 0.717) is 30.4 Å². The van der Waals surface area contributed by atoms with Gasteiger partial charge in [-0.05, 0) is 32.4 Å². The number of hydrogen-bond donors (Lipinski definition) is 0. The maximum atomic E-state index is 11.8. The molecular formula is C17H21N3O2S. The first-order chi connectivity index (χ1) is 11.1. The molecule has 2 heterocycles. The lowest BCUT2D eigenvalue weighted by Gasteiger charge is -2.11. The van der Waals surface area contributed by atoms with Crippen molar-refractivity contribution in [2.24, 2.45) is 0 Å². The number of nitrogens with zero attached hydrogens (tertiary/aromatic N) is 3. The van der Waals surface area contributed by atoms with Crippen LogP contribution < -0.4 is 0 Å². The summed E-state index contributed by atoms with van der Waals surface area (Å²) in [5.41, 5.74) is 2.50. The number of amides is 1. The zero-order chi connectivity index (χ0) is 16.4. The van der Waals surface area contributed by atoms with E-state index >= 15 is 0 Å². The lowest BCUT2D eigenvalue weighted by atomic mass is 10.1. The van der Waals surface area contributed by atoms with E-state index in [1.165, 1.54) is 16.0 Å². The molecule has 5 nitrogen and oxygen atoms in total. The van der Waals surface area contributed by atoms with E-state index in [-0.39, 0.29) is 11.8 Å². The minimum atomic E-state index is 0.0365. The van der Waals surface area contributed by atoms with Crippen LogP contribution in [-0.4, -0.2) is 34.0 Å². The zero-order valence-electron chi connectivity index (χ0n) is 13.7. The molecule has 1 amide bonds. The van der Waals surface area contributed by atoms with Crippen LogP contribution in [0.2, 0.25) is 0 Å². The fraction of sp³-hybridized carbons (Fsp3) is 0.471. The maximum absolute atomic E-state index is 11.8. The molecular weight excluding hydrogens is 310 g/mol. The standard InChI is InChI=1S/C17H21N3O2S/c1-4-20-9-13(8-16(20)21)17-18-15(19-22-17)10-23-14-7-11(2)5-6-12(14)3/h5-7,13H,4,8-10H2,1-3H3. The van der Waals surface area contributed by atoms with Gasteiger partial charge in [-0.3, -0.25) is 4.79 Å². The number of aryl methyl sites for hydroxylation is 2. The molecule has 0 N–H and O–H groups in total. The third-order valence-corrected chi connectivity index (χ3v) is 5.28. The van der Waals surface area contributed by atoms with Crippen LogP contribution in [0.25, 0.3) is 0 Å². The molecule has 23 heavy (non-hydrogen) atoms. The summed E-state index contributed by atoms with van der Waals surface area (Å²) in [5, 5.41) is 4.07. The van der Waals surface area contributed by atoms with Gasteiger partial charge in [-0.25, -0.2) is 0 Å². The van der Waals surface area contributed by atoms with Gasteiger partial charge in [-0.1, -0.05) is 22.9 Å². The highest BCUT2D eigenvalue weighted by Crippen LogP contribution is 2.29. The smallest absolute Gasteiger partial charge is 0.232 e. The number of likely N-dealkylation sites (N-methyl/N-ethyl adjacent to an activating group) is 1. The van der Waals surface area contributed by atoms with E-state index < -0.39 is 0 Å². The van der Waals surface area contributed by atoms with Crippen molar-refractivity contribution in [2.45, 2.75) is 43.8 Å². The Morgan fingerprint density at radius 3 is 2.96 bits per heavy atom. The minimum absolute atomic E-state index is 0.0365. The van der Waals surface area contributed by atoms with Gasteiger partial charge in [0.15, 0.2) is 5.82 Å². The predicted octanol–water partition coefficient (Wildman–Crippen LogP) is 3.31. The number of likely N-dealkylation sites (tertiary alicyclic amines) is 1. The summed E-state index contributed by atoms with van der Waals surface area (Å²) in [6.07, 6.45) is 0.472. The Kier molecular flexibility index (Phi) is 4.71. The maximum Gasteiger partial charge on any atom is 0.232 e. The van der Waals surface area contributed by atoms with Gasteiger partial charge in [-0.15, -0.1) is 11.8 Å². The SMILES string of the molecule is CCN1CC(c2nc(CSc3cc(C)ccc3C)no2)CC1=O. The number of rotatable bonds is 5. The van der Waals surface area contributed by atoms with Crippen LogP contribution in [0.1, 0.15) is 42.1 Å². The molecule has 1 atom stereocenters. The molecule has 0 aliphatic carbocycles. The van der Waals surface area contributed by atoms with Gasteiger partial charge in [0.25, 0.3) is 0 Å². The summed E-state index contributed by atoms with van der Waals surface area (Å²) in [4.78, 5) is 19.4. The molecule has 0 saturated carbocycles. The Bertz CT molecular complexity index is 714. The Labute approximate surface area is 140 Å². The number of carbonyl (C=O) groups excluding carboxylic acids is 1. The van der Waals surface area contributed by atoms with E-state index in [2.05, 4.69) is 42.2 Å². The first-order valence-electron chi connectivity index (χ1n) is 7.87. The molecule has 1 saturated heterocycles. The van der Waals surface area contributed by atoms with Crippen LogP contribution in [0.4, 0.5) is 0 Å². The predicted molar refractivity (Wildman–Crippen MR) is 89.4 cm³/mol. The number of thioether (sulfide) groups is 1. The third kappa shape index (κ3) is 3.58. The third-order valence-electron chi connectivity index (χ3n) is 4.13. The fourth-order valence-electron chi connectivity index (χ4n) is 2.74. The van der Waals surface area contributed by atoms with Crippen LogP contribution in [0.5, 0.6) is 0 Å². The molecule has 3 rings (SSSR count). The van der Waals surface area contributed by atoms with Gasteiger partial charge in [0.05, 0.1) is 11.7 Å². The Morgan fingerprint density at radius 2 is 2.22 bits per heavy atom. The highest BCUT2D eigenvalue weighted by atomic mass is 32.2.